The normalized spacial score (nSPS) is 10.2. The van der Waals surface area contributed by atoms with Crippen molar-refractivity contribution in [3.63, 3.8) is 0 Å². The van der Waals surface area contributed by atoms with Crippen LogP contribution in [0.25, 0.3) is 0 Å². The summed E-state index contributed by atoms with van der Waals surface area (Å²) in [7, 11) is 2.69. The molecule has 11 nitrogen and oxygen atoms in total. The molecule has 0 atom stereocenters. The number of hydrogen-bond donors (Lipinski definition) is 1. The van der Waals surface area contributed by atoms with E-state index >= 15 is 0 Å². The average molecular weight is 321 g/mol. The summed E-state index contributed by atoms with van der Waals surface area (Å²) in [6.45, 7) is 0. The molecular formula is C12H11N5O6. The van der Waals surface area contributed by atoms with Crippen LogP contribution in [0.4, 0.5) is 17.2 Å². The van der Waals surface area contributed by atoms with Crippen LogP contribution in [-0.4, -0.2) is 32.6 Å². The Kier molecular flexibility index (Phi) is 4.21. The van der Waals surface area contributed by atoms with Crippen LogP contribution in [0.3, 0.4) is 0 Å². The lowest BCUT2D eigenvalue weighted by atomic mass is 10.2. The number of rotatable bonds is 5. The highest BCUT2D eigenvalue weighted by Gasteiger charge is 2.40. The second-order valence-corrected chi connectivity index (χ2v) is 4.34. The number of nitro groups is 2. The SMILES string of the molecule is COc1ccc(NC(=O)c2c([N+](=O)[O-])c([N+](=O)[O-])nn2C)cc1. The second kappa shape index (κ2) is 6.09. The van der Waals surface area contributed by atoms with Crippen LogP contribution in [0.15, 0.2) is 24.3 Å². The van der Waals surface area contributed by atoms with Crippen molar-refractivity contribution in [2.24, 2.45) is 7.05 Å². The van der Waals surface area contributed by atoms with Crippen molar-refractivity contribution in [3.8, 4) is 5.75 Å². The molecule has 0 aliphatic rings. The molecule has 0 saturated carbocycles. The molecule has 120 valence electrons. The summed E-state index contributed by atoms with van der Waals surface area (Å²) in [5.41, 5.74) is -1.13. The number of carbonyl (C=O) groups excluding carboxylic acids is 1. The quantitative estimate of drug-likeness (QED) is 0.649. The molecule has 2 rings (SSSR count). The van der Waals surface area contributed by atoms with Crippen molar-refractivity contribution in [1.82, 2.24) is 9.78 Å². The van der Waals surface area contributed by atoms with Gasteiger partial charge in [-0.05, 0) is 29.2 Å². The van der Waals surface area contributed by atoms with Crippen LogP contribution in [0, 0.1) is 20.2 Å². The van der Waals surface area contributed by atoms with Gasteiger partial charge in [0.15, 0.2) is 0 Å². The lowest BCUT2D eigenvalue weighted by Crippen LogP contribution is -2.17. The molecule has 23 heavy (non-hydrogen) atoms. The van der Waals surface area contributed by atoms with Gasteiger partial charge in [-0.15, -0.1) is 0 Å². The minimum atomic E-state index is -1.01. The maximum atomic E-state index is 12.2. The molecule has 11 heteroatoms. The van der Waals surface area contributed by atoms with E-state index in [9.17, 15) is 25.0 Å². The number of anilines is 1. The molecule has 1 heterocycles. The molecule has 0 spiro atoms. The monoisotopic (exact) mass is 321 g/mol. The van der Waals surface area contributed by atoms with E-state index in [-0.39, 0.29) is 0 Å². The number of aryl methyl sites for hydroxylation is 1. The summed E-state index contributed by atoms with van der Waals surface area (Å²) in [4.78, 5) is 32.1. The minimum absolute atomic E-state index is 0.342. The molecule has 0 fully saturated rings. The summed E-state index contributed by atoms with van der Waals surface area (Å²) in [5, 5.41) is 27.7. The molecule has 0 bridgehead atoms. The van der Waals surface area contributed by atoms with Gasteiger partial charge >= 0.3 is 11.5 Å². The van der Waals surface area contributed by atoms with Gasteiger partial charge in [0.2, 0.25) is 5.69 Å². The minimum Gasteiger partial charge on any atom is -0.497 e. The number of amides is 1. The fraction of sp³-hybridized carbons (Fsp3) is 0.167. The predicted molar refractivity (Wildman–Crippen MR) is 77.5 cm³/mol. The molecule has 0 radical (unpaired) electrons. The third-order valence-corrected chi connectivity index (χ3v) is 2.92. The van der Waals surface area contributed by atoms with Crippen molar-refractivity contribution in [2.75, 3.05) is 12.4 Å². The van der Waals surface area contributed by atoms with E-state index in [1.54, 1.807) is 12.1 Å². The average Bonchev–Trinajstić information content (AvgIpc) is 2.86. The number of nitrogens with zero attached hydrogens (tertiary/aromatic N) is 4. The number of nitrogens with one attached hydrogen (secondary N) is 1. The van der Waals surface area contributed by atoms with Gasteiger partial charge in [0.1, 0.15) is 5.75 Å². The summed E-state index contributed by atoms with van der Waals surface area (Å²) in [5.74, 6) is -1.31. The lowest BCUT2D eigenvalue weighted by Gasteiger charge is -2.05. The summed E-state index contributed by atoms with van der Waals surface area (Å²) in [6.07, 6.45) is 0. The maximum absolute atomic E-state index is 12.2. The molecular weight excluding hydrogens is 310 g/mol. The second-order valence-electron chi connectivity index (χ2n) is 4.34. The van der Waals surface area contributed by atoms with Gasteiger partial charge in [0.05, 0.1) is 24.2 Å². The van der Waals surface area contributed by atoms with E-state index in [0.717, 1.165) is 4.68 Å². The fourth-order valence-electron chi connectivity index (χ4n) is 1.91. The van der Waals surface area contributed by atoms with Gasteiger partial charge in [0.25, 0.3) is 5.91 Å². The number of benzene rings is 1. The van der Waals surface area contributed by atoms with Crippen LogP contribution >= 0.6 is 0 Å². The molecule has 0 aliphatic heterocycles. The first-order valence-electron chi connectivity index (χ1n) is 6.16. The summed E-state index contributed by atoms with van der Waals surface area (Å²) in [6, 6.07) is 6.20. The Balaban J connectivity index is 2.38. The third-order valence-electron chi connectivity index (χ3n) is 2.92. The van der Waals surface area contributed by atoms with E-state index in [2.05, 4.69) is 10.4 Å². The number of hydrogen-bond acceptors (Lipinski definition) is 7. The van der Waals surface area contributed by atoms with E-state index in [4.69, 9.17) is 4.74 Å². The van der Waals surface area contributed by atoms with Gasteiger partial charge in [-0.2, -0.15) is 4.68 Å². The topological polar surface area (TPSA) is 142 Å². The zero-order chi connectivity index (χ0) is 17.1. The predicted octanol–water partition coefficient (Wildman–Crippen LogP) is 1.50. The Hall–Kier alpha value is -3.50. The molecule has 2 aromatic rings. The van der Waals surface area contributed by atoms with Crippen molar-refractivity contribution < 1.29 is 19.4 Å². The van der Waals surface area contributed by atoms with Gasteiger partial charge < -0.3 is 20.2 Å². The molecule has 1 amide bonds. The van der Waals surface area contributed by atoms with Gasteiger partial charge in [-0.1, -0.05) is 0 Å². The first kappa shape index (κ1) is 15.9. The van der Waals surface area contributed by atoms with E-state index in [0.29, 0.717) is 11.4 Å². The van der Waals surface area contributed by atoms with Crippen molar-refractivity contribution in [1.29, 1.82) is 0 Å². The van der Waals surface area contributed by atoms with Gasteiger partial charge in [-0.25, -0.2) is 0 Å². The highest BCUT2D eigenvalue weighted by atomic mass is 16.6. The maximum Gasteiger partial charge on any atom is 0.468 e. The first-order chi connectivity index (χ1) is 10.8. The number of ether oxygens (including phenoxy) is 1. The Bertz CT molecular complexity index is 782. The Morgan fingerprint density at radius 2 is 1.83 bits per heavy atom. The fourth-order valence-corrected chi connectivity index (χ4v) is 1.91. The van der Waals surface area contributed by atoms with E-state index in [1.807, 2.05) is 0 Å². The standard InChI is InChI=1S/C12H11N5O6/c1-15-10(9(16(19)20)11(14-15)17(21)22)12(18)13-7-3-5-8(23-2)6-4-7/h3-6H,1-2H3,(H,13,18). The summed E-state index contributed by atoms with van der Waals surface area (Å²) < 4.78 is 5.77. The highest BCUT2D eigenvalue weighted by Crippen LogP contribution is 2.30. The summed E-state index contributed by atoms with van der Waals surface area (Å²) >= 11 is 0. The van der Waals surface area contributed by atoms with Crippen LogP contribution in [0.5, 0.6) is 5.75 Å². The van der Waals surface area contributed by atoms with Crippen LogP contribution in [0.1, 0.15) is 10.5 Å². The molecule has 0 unspecified atom stereocenters. The lowest BCUT2D eigenvalue weighted by molar-refractivity contribution is -0.424. The zero-order valence-corrected chi connectivity index (χ0v) is 12.0. The molecule has 1 aromatic heterocycles. The highest BCUT2D eigenvalue weighted by molar-refractivity contribution is 6.06. The number of methoxy groups -OCH3 is 1. The van der Waals surface area contributed by atoms with Crippen LogP contribution < -0.4 is 10.1 Å². The van der Waals surface area contributed by atoms with Crippen LogP contribution in [-0.2, 0) is 7.05 Å². The first-order valence-corrected chi connectivity index (χ1v) is 6.16. The number of aromatic nitrogens is 2. The zero-order valence-electron chi connectivity index (χ0n) is 12.0. The Morgan fingerprint density at radius 3 is 2.30 bits per heavy atom. The van der Waals surface area contributed by atoms with Gasteiger partial charge in [-0.3, -0.25) is 14.9 Å². The van der Waals surface area contributed by atoms with Crippen molar-refractivity contribution in [2.45, 2.75) is 0 Å². The van der Waals surface area contributed by atoms with Crippen molar-refractivity contribution >= 4 is 23.1 Å². The molecule has 0 aliphatic carbocycles. The Morgan fingerprint density at radius 1 is 1.22 bits per heavy atom. The van der Waals surface area contributed by atoms with Crippen molar-refractivity contribution in [3.05, 3.63) is 50.2 Å². The largest absolute Gasteiger partial charge is 0.497 e. The molecule has 1 aromatic carbocycles. The smallest absolute Gasteiger partial charge is 0.468 e. The van der Waals surface area contributed by atoms with Gasteiger partial charge in [0, 0.05) is 5.69 Å². The molecule has 1 N–H and O–H groups in total. The van der Waals surface area contributed by atoms with E-state index in [1.165, 1.54) is 26.3 Å². The van der Waals surface area contributed by atoms with Crippen LogP contribution in [0.2, 0.25) is 0 Å². The number of carbonyl (C=O) groups is 1. The molecule has 0 saturated heterocycles. The van der Waals surface area contributed by atoms with E-state index < -0.39 is 33.0 Å². The Labute approximate surface area is 128 Å². The third kappa shape index (κ3) is 3.07.